The molecule has 0 bridgehead atoms. The number of hydrogen-bond acceptors (Lipinski definition) is 3. The first-order valence-corrected chi connectivity index (χ1v) is 6.69. The quantitative estimate of drug-likeness (QED) is 0.623. The summed E-state index contributed by atoms with van der Waals surface area (Å²) in [5, 5.41) is 0. The Labute approximate surface area is 92.2 Å². The van der Waals surface area contributed by atoms with Crippen molar-refractivity contribution >= 4 is 10.2 Å². The van der Waals surface area contributed by atoms with Gasteiger partial charge in [-0.1, -0.05) is 0 Å². The molecule has 1 aliphatic rings. The largest absolute Gasteiger partial charge is 0.385 e. The Kier molecular flexibility index (Phi) is 4.98. The van der Waals surface area contributed by atoms with Crippen molar-refractivity contribution in [1.82, 2.24) is 8.61 Å². The molecule has 0 N–H and O–H groups in total. The maximum Gasteiger partial charge on any atom is 0.281 e. The molecule has 0 saturated carbocycles. The fraction of sp³-hybridized carbons (Fsp3) is 1.00. The summed E-state index contributed by atoms with van der Waals surface area (Å²) in [5.41, 5.74) is 0. The summed E-state index contributed by atoms with van der Waals surface area (Å²) in [6.07, 6.45) is 2.93. The number of nitrogens with zero attached hydrogens (tertiary/aromatic N) is 2. The van der Waals surface area contributed by atoms with Gasteiger partial charge in [-0.05, 0) is 19.3 Å². The molecule has 1 fully saturated rings. The fourth-order valence-corrected chi connectivity index (χ4v) is 3.00. The van der Waals surface area contributed by atoms with Crippen molar-refractivity contribution in [3.8, 4) is 0 Å². The van der Waals surface area contributed by atoms with Gasteiger partial charge < -0.3 is 4.74 Å². The monoisotopic (exact) mass is 236 g/mol. The molecule has 0 aromatic rings. The second-order valence-corrected chi connectivity index (χ2v) is 5.82. The molecule has 0 amide bonds. The molecule has 0 aromatic carbocycles. The van der Waals surface area contributed by atoms with Gasteiger partial charge in [0.05, 0.1) is 0 Å². The lowest BCUT2D eigenvalue weighted by Gasteiger charge is -2.15. The van der Waals surface area contributed by atoms with E-state index in [1.165, 1.54) is 4.31 Å². The van der Waals surface area contributed by atoms with E-state index >= 15 is 0 Å². The van der Waals surface area contributed by atoms with Gasteiger partial charge in [-0.25, -0.2) is 0 Å². The van der Waals surface area contributed by atoms with Crippen LogP contribution in [0.25, 0.3) is 0 Å². The van der Waals surface area contributed by atoms with Crippen LogP contribution in [0.4, 0.5) is 0 Å². The van der Waals surface area contributed by atoms with Crippen LogP contribution in [0.15, 0.2) is 0 Å². The average Bonchev–Trinajstić information content (AvgIpc) is 2.44. The summed E-state index contributed by atoms with van der Waals surface area (Å²) >= 11 is 0. The Morgan fingerprint density at radius 3 is 2.47 bits per heavy atom. The molecule has 0 aliphatic carbocycles. The van der Waals surface area contributed by atoms with Gasteiger partial charge in [0.2, 0.25) is 0 Å². The lowest BCUT2D eigenvalue weighted by molar-refractivity contribution is 0.191. The molecule has 90 valence electrons. The number of likely N-dealkylation sites (N-methyl/N-ethyl adjacent to an activating group) is 1. The molecule has 0 atom stereocenters. The van der Waals surface area contributed by atoms with E-state index in [-0.39, 0.29) is 0 Å². The third kappa shape index (κ3) is 3.41. The lowest BCUT2D eigenvalue weighted by atomic mass is 10.2. The molecule has 0 spiro atoms. The number of methoxy groups -OCH3 is 1. The highest BCUT2D eigenvalue weighted by Gasteiger charge is 2.32. The van der Waals surface area contributed by atoms with E-state index < -0.39 is 10.2 Å². The van der Waals surface area contributed by atoms with Crippen molar-refractivity contribution < 1.29 is 13.2 Å². The Bertz CT molecular complexity index is 279. The topological polar surface area (TPSA) is 49.9 Å². The van der Waals surface area contributed by atoms with E-state index in [0.717, 1.165) is 25.9 Å². The van der Waals surface area contributed by atoms with Crippen LogP contribution in [0.3, 0.4) is 0 Å². The van der Waals surface area contributed by atoms with E-state index in [1.54, 1.807) is 18.5 Å². The molecule has 6 heteroatoms. The maximum absolute atomic E-state index is 11.6. The second kappa shape index (κ2) is 5.79. The van der Waals surface area contributed by atoms with E-state index in [9.17, 15) is 8.42 Å². The summed E-state index contributed by atoms with van der Waals surface area (Å²) in [6, 6.07) is 0. The van der Waals surface area contributed by atoms with Crippen molar-refractivity contribution in [3.63, 3.8) is 0 Å². The second-order valence-electron chi connectivity index (χ2n) is 3.78. The van der Waals surface area contributed by atoms with Gasteiger partial charge in [0.1, 0.15) is 0 Å². The van der Waals surface area contributed by atoms with Gasteiger partial charge in [-0.2, -0.15) is 17.0 Å². The molecule has 1 heterocycles. The summed E-state index contributed by atoms with van der Waals surface area (Å²) < 4.78 is 31.2. The first-order chi connectivity index (χ1) is 7.09. The van der Waals surface area contributed by atoms with Gasteiger partial charge >= 0.3 is 0 Å². The van der Waals surface area contributed by atoms with Crippen LogP contribution in [0.2, 0.25) is 0 Å². The van der Waals surface area contributed by atoms with Crippen molar-refractivity contribution in [1.29, 1.82) is 0 Å². The zero-order valence-electron chi connectivity index (χ0n) is 9.48. The van der Waals surface area contributed by atoms with Crippen LogP contribution >= 0.6 is 0 Å². The Hall–Kier alpha value is -0.170. The predicted molar refractivity (Wildman–Crippen MR) is 58.8 cm³/mol. The highest BCUT2D eigenvalue weighted by atomic mass is 32.2. The molecular weight excluding hydrogens is 216 g/mol. The average molecular weight is 236 g/mol. The van der Waals surface area contributed by atoms with Crippen LogP contribution in [0.1, 0.15) is 19.3 Å². The van der Waals surface area contributed by atoms with Crippen LogP contribution < -0.4 is 0 Å². The molecule has 0 aromatic heterocycles. The molecule has 0 unspecified atom stereocenters. The zero-order chi connectivity index (χ0) is 11.3. The van der Waals surface area contributed by atoms with Gasteiger partial charge in [0.15, 0.2) is 0 Å². The number of hydrogen-bond donors (Lipinski definition) is 0. The normalized spacial score (nSPS) is 22.3. The standard InChI is InChI=1S/C9H20N2O3S/c1-10-7-8-11(15(10,12)13)6-4-3-5-9-14-2/h3-9H2,1-2H3. The van der Waals surface area contributed by atoms with E-state index in [1.807, 2.05) is 0 Å². The summed E-state index contributed by atoms with van der Waals surface area (Å²) in [6.45, 7) is 2.63. The minimum absolute atomic E-state index is 0.612. The van der Waals surface area contributed by atoms with Gasteiger partial charge in [-0.3, -0.25) is 0 Å². The predicted octanol–water partition coefficient (Wildman–Crippen LogP) is 0.295. The molecular formula is C9H20N2O3S. The lowest BCUT2D eigenvalue weighted by Crippen LogP contribution is -2.31. The van der Waals surface area contributed by atoms with Crippen molar-refractivity contribution in [2.75, 3.05) is 40.4 Å². The van der Waals surface area contributed by atoms with Crippen LogP contribution in [0.5, 0.6) is 0 Å². The Morgan fingerprint density at radius 1 is 1.20 bits per heavy atom. The smallest absolute Gasteiger partial charge is 0.281 e. The van der Waals surface area contributed by atoms with Gasteiger partial charge in [0.25, 0.3) is 10.2 Å². The highest BCUT2D eigenvalue weighted by Crippen LogP contribution is 2.14. The SMILES string of the molecule is COCCCCCN1CCN(C)S1(=O)=O. The van der Waals surface area contributed by atoms with Gasteiger partial charge in [-0.15, -0.1) is 0 Å². The maximum atomic E-state index is 11.6. The fourth-order valence-electron chi connectivity index (χ4n) is 1.62. The summed E-state index contributed by atoms with van der Waals surface area (Å²) in [7, 11) is 0.183. The Morgan fingerprint density at radius 2 is 1.93 bits per heavy atom. The third-order valence-electron chi connectivity index (χ3n) is 2.64. The zero-order valence-corrected chi connectivity index (χ0v) is 10.3. The minimum atomic E-state index is -3.12. The van der Waals surface area contributed by atoms with Crippen LogP contribution in [-0.2, 0) is 14.9 Å². The number of unbranched alkanes of at least 4 members (excludes halogenated alkanes) is 2. The third-order valence-corrected chi connectivity index (χ3v) is 4.63. The van der Waals surface area contributed by atoms with E-state index in [2.05, 4.69) is 0 Å². The van der Waals surface area contributed by atoms with Crippen LogP contribution in [-0.4, -0.2) is 57.4 Å². The summed E-state index contributed by atoms with van der Waals surface area (Å²) in [5.74, 6) is 0. The van der Waals surface area contributed by atoms with Crippen LogP contribution in [0, 0.1) is 0 Å². The molecule has 15 heavy (non-hydrogen) atoms. The van der Waals surface area contributed by atoms with Gasteiger partial charge in [0, 0.05) is 40.4 Å². The molecule has 1 rings (SSSR count). The summed E-state index contributed by atoms with van der Waals surface area (Å²) in [4.78, 5) is 0. The molecule has 0 radical (unpaired) electrons. The molecule has 5 nitrogen and oxygen atoms in total. The molecule has 1 saturated heterocycles. The molecule has 1 aliphatic heterocycles. The Balaban J connectivity index is 2.23. The highest BCUT2D eigenvalue weighted by molar-refractivity contribution is 7.87. The minimum Gasteiger partial charge on any atom is -0.385 e. The van der Waals surface area contributed by atoms with E-state index in [0.29, 0.717) is 19.6 Å². The van der Waals surface area contributed by atoms with E-state index in [4.69, 9.17) is 4.74 Å². The first kappa shape index (κ1) is 12.9. The van der Waals surface area contributed by atoms with Crippen molar-refractivity contribution in [2.45, 2.75) is 19.3 Å². The number of rotatable bonds is 6. The van der Waals surface area contributed by atoms with Crippen molar-refractivity contribution in [2.24, 2.45) is 0 Å². The number of ether oxygens (including phenoxy) is 1. The van der Waals surface area contributed by atoms with Crippen molar-refractivity contribution in [3.05, 3.63) is 0 Å². The first-order valence-electron chi connectivity index (χ1n) is 5.29.